The standard InChI is InChI=1S/C22H28N2O2/c1-5-13-24(14-6-2)22(26)19-11-8-10-18(15-19)21(25)23-20-12-7-9-16(3)17(20)4/h7-12,15H,5-6,13-14H2,1-4H3,(H,23,25). The fraction of sp³-hybridized carbons (Fsp3) is 0.364. The van der Waals surface area contributed by atoms with Crippen LogP contribution in [0, 0.1) is 13.8 Å². The predicted octanol–water partition coefficient (Wildman–Crippen LogP) is 4.82. The number of anilines is 1. The summed E-state index contributed by atoms with van der Waals surface area (Å²) in [6.07, 6.45) is 1.83. The molecule has 0 radical (unpaired) electrons. The number of aryl methyl sites for hydroxylation is 1. The minimum absolute atomic E-state index is 0.0184. The van der Waals surface area contributed by atoms with Crippen LogP contribution in [-0.2, 0) is 0 Å². The molecule has 0 heterocycles. The number of nitrogens with zero attached hydrogens (tertiary/aromatic N) is 1. The van der Waals surface area contributed by atoms with Gasteiger partial charge in [-0.3, -0.25) is 9.59 Å². The molecule has 26 heavy (non-hydrogen) atoms. The van der Waals surface area contributed by atoms with E-state index in [0.717, 1.165) is 42.7 Å². The van der Waals surface area contributed by atoms with Crippen LogP contribution in [0.2, 0.25) is 0 Å². The Kier molecular flexibility index (Phi) is 6.96. The molecule has 4 heteroatoms. The van der Waals surface area contributed by atoms with Crippen molar-refractivity contribution in [2.75, 3.05) is 18.4 Å². The summed E-state index contributed by atoms with van der Waals surface area (Å²) in [7, 11) is 0. The van der Waals surface area contributed by atoms with E-state index in [4.69, 9.17) is 0 Å². The fourth-order valence-electron chi connectivity index (χ4n) is 2.91. The van der Waals surface area contributed by atoms with Gasteiger partial charge in [0.1, 0.15) is 0 Å². The minimum atomic E-state index is -0.203. The molecule has 0 fully saturated rings. The van der Waals surface area contributed by atoms with Crippen LogP contribution in [0.4, 0.5) is 5.69 Å². The smallest absolute Gasteiger partial charge is 0.255 e. The molecule has 0 aliphatic rings. The fourth-order valence-corrected chi connectivity index (χ4v) is 2.91. The summed E-state index contributed by atoms with van der Waals surface area (Å²) < 4.78 is 0. The Labute approximate surface area is 156 Å². The topological polar surface area (TPSA) is 49.4 Å². The van der Waals surface area contributed by atoms with Gasteiger partial charge in [0.25, 0.3) is 11.8 Å². The Balaban J connectivity index is 2.21. The van der Waals surface area contributed by atoms with Crippen molar-refractivity contribution in [1.82, 2.24) is 4.90 Å². The quantitative estimate of drug-likeness (QED) is 0.777. The second-order valence-electron chi connectivity index (χ2n) is 6.57. The van der Waals surface area contributed by atoms with E-state index in [1.807, 2.05) is 36.9 Å². The van der Waals surface area contributed by atoms with E-state index in [1.54, 1.807) is 24.3 Å². The van der Waals surface area contributed by atoms with E-state index in [-0.39, 0.29) is 11.8 Å². The van der Waals surface area contributed by atoms with Crippen molar-refractivity contribution in [3.63, 3.8) is 0 Å². The summed E-state index contributed by atoms with van der Waals surface area (Å²) in [5.41, 5.74) is 4.02. The SMILES string of the molecule is CCCN(CCC)C(=O)c1cccc(C(=O)Nc2cccc(C)c2C)c1. The van der Waals surface area contributed by atoms with E-state index >= 15 is 0 Å². The van der Waals surface area contributed by atoms with E-state index in [9.17, 15) is 9.59 Å². The molecule has 2 aromatic carbocycles. The van der Waals surface area contributed by atoms with Gasteiger partial charge in [0.15, 0.2) is 0 Å². The van der Waals surface area contributed by atoms with Crippen LogP contribution in [0.15, 0.2) is 42.5 Å². The van der Waals surface area contributed by atoms with Crippen LogP contribution in [-0.4, -0.2) is 29.8 Å². The maximum Gasteiger partial charge on any atom is 0.255 e. The van der Waals surface area contributed by atoms with E-state index in [1.165, 1.54) is 0 Å². The molecule has 0 bridgehead atoms. The molecule has 0 aliphatic carbocycles. The van der Waals surface area contributed by atoms with Gasteiger partial charge in [-0.2, -0.15) is 0 Å². The van der Waals surface area contributed by atoms with Crippen molar-refractivity contribution in [2.24, 2.45) is 0 Å². The van der Waals surface area contributed by atoms with Gasteiger partial charge in [0.2, 0.25) is 0 Å². The third-order valence-corrected chi connectivity index (χ3v) is 4.50. The molecule has 138 valence electrons. The lowest BCUT2D eigenvalue weighted by atomic mass is 10.1. The van der Waals surface area contributed by atoms with Gasteiger partial charge < -0.3 is 10.2 Å². The third kappa shape index (κ3) is 4.72. The normalized spacial score (nSPS) is 10.5. The highest BCUT2D eigenvalue weighted by Crippen LogP contribution is 2.19. The van der Waals surface area contributed by atoms with Crippen LogP contribution in [0.25, 0.3) is 0 Å². The van der Waals surface area contributed by atoms with Crippen molar-refractivity contribution in [3.8, 4) is 0 Å². The number of carbonyl (C=O) groups excluding carboxylic acids is 2. The highest BCUT2D eigenvalue weighted by atomic mass is 16.2. The first-order valence-corrected chi connectivity index (χ1v) is 9.24. The van der Waals surface area contributed by atoms with Gasteiger partial charge in [-0.25, -0.2) is 0 Å². The highest BCUT2D eigenvalue weighted by molar-refractivity contribution is 6.06. The van der Waals surface area contributed by atoms with Gasteiger partial charge in [-0.05, 0) is 62.1 Å². The van der Waals surface area contributed by atoms with Gasteiger partial charge >= 0.3 is 0 Å². The lowest BCUT2D eigenvalue weighted by Crippen LogP contribution is -2.32. The molecule has 1 N–H and O–H groups in total. The lowest BCUT2D eigenvalue weighted by Gasteiger charge is -2.21. The van der Waals surface area contributed by atoms with Gasteiger partial charge in [0, 0.05) is 29.9 Å². The Morgan fingerprint density at radius 1 is 0.923 bits per heavy atom. The molecular formula is C22H28N2O2. The van der Waals surface area contributed by atoms with Gasteiger partial charge in [0.05, 0.1) is 0 Å². The van der Waals surface area contributed by atoms with Crippen molar-refractivity contribution < 1.29 is 9.59 Å². The molecule has 0 saturated carbocycles. The third-order valence-electron chi connectivity index (χ3n) is 4.50. The molecule has 0 aromatic heterocycles. The summed E-state index contributed by atoms with van der Waals surface area (Å²) in [4.78, 5) is 27.2. The Bertz CT molecular complexity index is 777. The zero-order chi connectivity index (χ0) is 19.1. The molecule has 0 unspecified atom stereocenters. The van der Waals surface area contributed by atoms with E-state index in [2.05, 4.69) is 19.2 Å². The molecular weight excluding hydrogens is 324 g/mol. The number of carbonyl (C=O) groups is 2. The molecule has 0 spiro atoms. The Morgan fingerprint density at radius 3 is 2.19 bits per heavy atom. The lowest BCUT2D eigenvalue weighted by molar-refractivity contribution is 0.0755. The second-order valence-corrected chi connectivity index (χ2v) is 6.57. The van der Waals surface area contributed by atoms with E-state index < -0.39 is 0 Å². The summed E-state index contributed by atoms with van der Waals surface area (Å²) in [5, 5.41) is 2.95. The van der Waals surface area contributed by atoms with Crippen LogP contribution >= 0.6 is 0 Å². The van der Waals surface area contributed by atoms with Crippen LogP contribution in [0.5, 0.6) is 0 Å². The number of hydrogen-bond acceptors (Lipinski definition) is 2. The minimum Gasteiger partial charge on any atom is -0.339 e. The summed E-state index contributed by atoms with van der Waals surface area (Å²) in [5.74, 6) is -0.221. The Hall–Kier alpha value is -2.62. The average molecular weight is 352 g/mol. The van der Waals surface area contributed by atoms with Crippen LogP contribution < -0.4 is 5.32 Å². The van der Waals surface area contributed by atoms with Gasteiger partial charge in [-0.15, -0.1) is 0 Å². The number of hydrogen-bond donors (Lipinski definition) is 1. The van der Waals surface area contributed by atoms with Crippen molar-refractivity contribution >= 4 is 17.5 Å². The summed E-state index contributed by atoms with van der Waals surface area (Å²) in [6.45, 7) is 9.57. The molecule has 0 saturated heterocycles. The number of benzene rings is 2. The van der Waals surface area contributed by atoms with Crippen LogP contribution in [0.3, 0.4) is 0 Å². The Morgan fingerprint density at radius 2 is 1.54 bits per heavy atom. The monoisotopic (exact) mass is 352 g/mol. The maximum absolute atomic E-state index is 12.8. The highest BCUT2D eigenvalue weighted by Gasteiger charge is 2.16. The maximum atomic E-state index is 12.8. The predicted molar refractivity (Wildman–Crippen MR) is 107 cm³/mol. The largest absolute Gasteiger partial charge is 0.339 e. The van der Waals surface area contributed by atoms with Crippen molar-refractivity contribution in [3.05, 3.63) is 64.7 Å². The summed E-state index contributed by atoms with van der Waals surface area (Å²) in [6, 6.07) is 12.8. The first-order chi connectivity index (χ1) is 12.5. The first kappa shape index (κ1) is 19.7. The number of amides is 2. The zero-order valence-corrected chi connectivity index (χ0v) is 16.1. The van der Waals surface area contributed by atoms with Crippen molar-refractivity contribution in [1.29, 1.82) is 0 Å². The molecule has 2 aromatic rings. The number of nitrogens with one attached hydrogen (secondary N) is 1. The molecule has 2 rings (SSSR count). The van der Waals surface area contributed by atoms with Gasteiger partial charge in [-0.1, -0.05) is 32.0 Å². The molecule has 0 aliphatic heterocycles. The van der Waals surface area contributed by atoms with Crippen molar-refractivity contribution in [2.45, 2.75) is 40.5 Å². The summed E-state index contributed by atoms with van der Waals surface area (Å²) >= 11 is 0. The average Bonchev–Trinajstić information content (AvgIpc) is 2.65. The molecule has 4 nitrogen and oxygen atoms in total. The molecule has 2 amide bonds. The van der Waals surface area contributed by atoms with E-state index in [0.29, 0.717) is 11.1 Å². The zero-order valence-electron chi connectivity index (χ0n) is 16.1. The van der Waals surface area contributed by atoms with Crippen LogP contribution in [0.1, 0.15) is 58.5 Å². The first-order valence-electron chi connectivity index (χ1n) is 9.24. The second kappa shape index (κ2) is 9.18. The number of rotatable bonds is 7. The molecule has 0 atom stereocenters.